The summed E-state index contributed by atoms with van der Waals surface area (Å²) in [5.41, 5.74) is 2.00. The Balaban J connectivity index is 2.07. The highest BCUT2D eigenvalue weighted by Crippen LogP contribution is 2.29. The minimum atomic E-state index is -1.03. The minimum Gasteiger partial charge on any atom is -0.496 e. The van der Waals surface area contributed by atoms with Crippen molar-refractivity contribution >= 4 is 23.3 Å². The number of Topliss-reactive ketones (excluding diaryl/α,β-unsaturated/α-hetero) is 1. The van der Waals surface area contributed by atoms with Crippen LogP contribution in [0.2, 0.25) is 0 Å². The Labute approximate surface area is 163 Å². The molecule has 0 aromatic heterocycles. The fourth-order valence-electron chi connectivity index (χ4n) is 2.52. The molecule has 0 bridgehead atoms. The van der Waals surface area contributed by atoms with E-state index in [4.69, 9.17) is 14.2 Å². The third-order valence-electron chi connectivity index (χ3n) is 4.20. The maximum atomic E-state index is 12.4. The molecule has 28 heavy (non-hydrogen) atoms. The van der Waals surface area contributed by atoms with Crippen molar-refractivity contribution in [3.8, 4) is 11.5 Å². The zero-order valence-electron chi connectivity index (χ0n) is 16.5. The summed E-state index contributed by atoms with van der Waals surface area (Å²) < 4.78 is 15.7. The summed E-state index contributed by atoms with van der Waals surface area (Å²) in [5.74, 6) is -0.270. The third-order valence-corrected chi connectivity index (χ3v) is 4.20. The quantitative estimate of drug-likeness (QED) is 0.580. The van der Waals surface area contributed by atoms with E-state index in [0.717, 1.165) is 5.56 Å². The molecule has 1 amide bonds. The molecular formula is C21H23NO6. The number of hydrogen-bond acceptors (Lipinski definition) is 6. The molecular weight excluding hydrogens is 362 g/mol. The van der Waals surface area contributed by atoms with Crippen LogP contribution in [0.25, 0.3) is 0 Å². The number of ether oxygens (including phenoxy) is 3. The van der Waals surface area contributed by atoms with Gasteiger partial charge >= 0.3 is 5.97 Å². The first-order chi connectivity index (χ1) is 13.3. The summed E-state index contributed by atoms with van der Waals surface area (Å²) in [5, 5.41) is 2.64. The third kappa shape index (κ3) is 4.88. The molecule has 0 aliphatic carbocycles. The van der Waals surface area contributed by atoms with Crippen LogP contribution in [-0.2, 0) is 9.53 Å². The van der Waals surface area contributed by atoms with Gasteiger partial charge in [-0.2, -0.15) is 0 Å². The fourth-order valence-corrected chi connectivity index (χ4v) is 2.52. The summed E-state index contributed by atoms with van der Waals surface area (Å²) in [4.78, 5) is 36.0. The Hall–Kier alpha value is -3.35. The van der Waals surface area contributed by atoms with Crippen molar-refractivity contribution in [2.45, 2.75) is 26.9 Å². The number of anilines is 1. The number of rotatable bonds is 7. The van der Waals surface area contributed by atoms with Gasteiger partial charge in [-0.25, -0.2) is 4.79 Å². The Morgan fingerprint density at radius 3 is 1.93 bits per heavy atom. The molecule has 0 unspecified atom stereocenters. The van der Waals surface area contributed by atoms with Crippen LogP contribution < -0.4 is 14.8 Å². The standard InChI is InChI=1S/C21H23NO6/c1-12-18(26-4)10-16(11-19(12)27-5)21(25)28-14(3)20(24)22-17-8-6-15(7-9-17)13(2)23/h6-11,14H,1-5H3,(H,22,24)/t14-/m0/s1. The normalized spacial score (nSPS) is 11.3. The van der Waals surface area contributed by atoms with Gasteiger partial charge in [0, 0.05) is 16.8 Å². The van der Waals surface area contributed by atoms with Crippen molar-refractivity contribution in [2.24, 2.45) is 0 Å². The predicted octanol–water partition coefficient (Wildman–Crippen LogP) is 3.40. The maximum Gasteiger partial charge on any atom is 0.339 e. The molecule has 1 atom stereocenters. The van der Waals surface area contributed by atoms with Crippen LogP contribution in [0.5, 0.6) is 11.5 Å². The Morgan fingerprint density at radius 2 is 1.46 bits per heavy atom. The van der Waals surface area contributed by atoms with Crippen LogP contribution in [0.3, 0.4) is 0 Å². The Kier molecular flexibility index (Phi) is 6.76. The second kappa shape index (κ2) is 9.03. The van der Waals surface area contributed by atoms with E-state index in [1.165, 1.54) is 40.2 Å². The molecule has 0 radical (unpaired) electrons. The number of benzene rings is 2. The summed E-state index contributed by atoms with van der Waals surface area (Å²) >= 11 is 0. The van der Waals surface area contributed by atoms with E-state index in [1.807, 2.05) is 0 Å². The predicted molar refractivity (Wildman–Crippen MR) is 104 cm³/mol. The number of hydrogen-bond donors (Lipinski definition) is 1. The molecule has 148 valence electrons. The molecule has 0 fully saturated rings. The number of amides is 1. The van der Waals surface area contributed by atoms with Gasteiger partial charge in [0.05, 0.1) is 19.8 Å². The molecule has 0 saturated heterocycles. The van der Waals surface area contributed by atoms with Crippen molar-refractivity contribution in [3.63, 3.8) is 0 Å². The van der Waals surface area contributed by atoms with E-state index in [-0.39, 0.29) is 11.3 Å². The molecule has 0 aliphatic rings. The Morgan fingerprint density at radius 1 is 0.929 bits per heavy atom. The molecule has 2 rings (SSSR count). The van der Waals surface area contributed by atoms with Crippen LogP contribution >= 0.6 is 0 Å². The number of carbonyl (C=O) groups is 3. The van der Waals surface area contributed by atoms with Gasteiger partial charge in [-0.15, -0.1) is 0 Å². The van der Waals surface area contributed by atoms with E-state index >= 15 is 0 Å². The second-order valence-electron chi connectivity index (χ2n) is 6.18. The van der Waals surface area contributed by atoms with Crippen LogP contribution in [0.15, 0.2) is 36.4 Å². The monoisotopic (exact) mass is 385 g/mol. The maximum absolute atomic E-state index is 12.4. The lowest BCUT2D eigenvalue weighted by Gasteiger charge is -2.15. The number of esters is 1. The van der Waals surface area contributed by atoms with Crippen LogP contribution in [-0.4, -0.2) is 38.0 Å². The highest BCUT2D eigenvalue weighted by molar-refractivity contribution is 5.98. The van der Waals surface area contributed by atoms with E-state index in [9.17, 15) is 14.4 Å². The van der Waals surface area contributed by atoms with Gasteiger partial charge in [0.15, 0.2) is 11.9 Å². The van der Waals surface area contributed by atoms with Crippen molar-refractivity contribution in [3.05, 3.63) is 53.1 Å². The Bertz CT molecular complexity index is 863. The summed E-state index contributed by atoms with van der Waals surface area (Å²) in [6, 6.07) is 9.51. The highest BCUT2D eigenvalue weighted by atomic mass is 16.5. The number of ketones is 1. The summed E-state index contributed by atoms with van der Waals surface area (Å²) in [6.07, 6.45) is -1.03. The van der Waals surface area contributed by atoms with Gasteiger partial charge in [-0.3, -0.25) is 9.59 Å². The molecule has 0 aliphatic heterocycles. The number of nitrogens with one attached hydrogen (secondary N) is 1. The number of carbonyl (C=O) groups excluding carboxylic acids is 3. The first-order valence-electron chi connectivity index (χ1n) is 8.62. The molecule has 7 nitrogen and oxygen atoms in total. The van der Waals surface area contributed by atoms with Crippen LogP contribution in [0, 0.1) is 6.92 Å². The smallest absolute Gasteiger partial charge is 0.339 e. The van der Waals surface area contributed by atoms with Crippen LogP contribution in [0.1, 0.15) is 40.1 Å². The van der Waals surface area contributed by atoms with Gasteiger partial charge in [-0.05, 0) is 57.2 Å². The van der Waals surface area contributed by atoms with E-state index < -0.39 is 18.0 Å². The van der Waals surface area contributed by atoms with Gasteiger partial charge in [0.25, 0.3) is 5.91 Å². The molecule has 7 heteroatoms. The molecule has 0 spiro atoms. The summed E-state index contributed by atoms with van der Waals surface area (Å²) in [7, 11) is 2.98. The lowest BCUT2D eigenvalue weighted by atomic mass is 10.1. The van der Waals surface area contributed by atoms with Crippen molar-refractivity contribution in [2.75, 3.05) is 19.5 Å². The van der Waals surface area contributed by atoms with Crippen molar-refractivity contribution in [1.82, 2.24) is 0 Å². The molecule has 0 saturated carbocycles. The first-order valence-corrected chi connectivity index (χ1v) is 8.62. The van der Waals surface area contributed by atoms with Gasteiger partial charge < -0.3 is 19.5 Å². The molecule has 2 aromatic carbocycles. The van der Waals surface area contributed by atoms with Gasteiger partial charge in [0.2, 0.25) is 0 Å². The first kappa shape index (κ1) is 21.0. The zero-order valence-corrected chi connectivity index (χ0v) is 16.5. The molecule has 2 aromatic rings. The topological polar surface area (TPSA) is 90.9 Å². The lowest BCUT2D eigenvalue weighted by Crippen LogP contribution is -2.30. The van der Waals surface area contributed by atoms with Crippen molar-refractivity contribution < 1.29 is 28.6 Å². The lowest BCUT2D eigenvalue weighted by molar-refractivity contribution is -0.123. The van der Waals surface area contributed by atoms with Gasteiger partial charge in [-0.1, -0.05) is 0 Å². The average Bonchev–Trinajstić information content (AvgIpc) is 2.68. The highest BCUT2D eigenvalue weighted by Gasteiger charge is 2.21. The van der Waals surface area contributed by atoms with E-state index in [1.54, 1.807) is 31.2 Å². The van der Waals surface area contributed by atoms with Crippen LogP contribution in [0.4, 0.5) is 5.69 Å². The van der Waals surface area contributed by atoms with Gasteiger partial charge in [0.1, 0.15) is 11.5 Å². The largest absolute Gasteiger partial charge is 0.496 e. The van der Waals surface area contributed by atoms with Crippen molar-refractivity contribution in [1.29, 1.82) is 0 Å². The van der Waals surface area contributed by atoms with E-state index in [0.29, 0.717) is 22.7 Å². The molecule has 0 heterocycles. The average molecular weight is 385 g/mol. The summed E-state index contributed by atoms with van der Waals surface area (Å²) in [6.45, 7) is 4.74. The van der Waals surface area contributed by atoms with E-state index in [2.05, 4.69) is 5.32 Å². The zero-order chi connectivity index (χ0) is 20.8. The SMILES string of the molecule is COc1cc(C(=O)O[C@@H](C)C(=O)Nc2ccc(C(C)=O)cc2)cc(OC)c1C. The second-order valence-corrected chi connectivity index (χ2v) is 6.18. The molecule has 1 N–H and O–H groups in total. The number of methoxy groups -OCH3 is 2. The fraction of sp³-hybridized carbons (Fsp3) is 0.286. The minimum absolute atomic E-state index is 0.0656.